The maximum atomic E-state index is 12.1. The molecular weight excluding hydrogens is 296 g/mol. The molecule has 1 aliphatic heterocycles. The molecule has 0 aliphatic carbocycles. The fourth-order valence-corrected chi connectivity index (χ4v) is 2.32. The Labute approximate surface area is 133 Å². The van der Waals surface area contributed by atoms with E-state index in [4.69, 9.17) is 9.47 Å². The fourth-order valence-electron chi connectivity index (χ4n) is 2.32. The summed E-state index contributed by atoms with van der Waals surface area (Å²) >= 11 is 0. The monoisotopic (exact) mass is 312 g/mol. The minimum atomic E-state index is -0.158. The number of rotatable bonds is 4. The van der Waals surface area contributed by atoms with Crippen LogP contribution in [0.5, 0.6) is 11.5 Å². The van der Waals surface area contributed by atoms with Crippen molar-refractivity contribution in [2.24, 2.45) is 0 Å². The molecule has 23 heavy (non-hydrogen) atoms. The lowest BCUT2D eigenvalue weighted by atomic mass is 10.1. The van der Waals surface area contributed by atoms with E-state index in [0.717, 1.165) is 5.56 Å². The molecule has 0 bridgehead atoms. The fraction of sp³-hybridized carbons (Fsp3) is 0.176. The van der Waals surface area contributed by atoms with E-state index in [2.05, 4.69) is 10.6 Å². The lowest BCUT2D eigenvalue weighted by Gasteiger charge is -2.08. The standard InChI is InChI=1S/C17H16N2O4/c1-11(20)18-13-3-2-4-14(9-13)19-17(21)8-12-5-6-15-16(7-12)23-10-22-15/h2-7,9H,8,10H2,1H3,(H,18,20)(H,19,21). The van der Waals surface area contributed by atoms with E-state index in [9.17, 15) is 9.59 Å². The molecule has 0 saturated carbocycles. The van der Waals surface area contributed by atoms with Crippen LogP contribution < -0.4 is 20.1 Å². The molecule has 0 fully saturated rings. The third-order valence-electron chi connectivity index (χ3n) is 3.27. The highest BCUT2D eigenvalue weighted by atomic mass is 16.7. The molecule has 1 aliphatic rings. The van der Waals surface area contributed by atoms with Gasteiger partial charge < -0.3 is 20.1 Å². The van der Waals surface area contributed by atoms with Crippen molar-refractivity contribution in [2.45, 2.75) is 13.3 Å². The summed E-state index contributed by atoms with van der Waals surface area (Å²) in [6, 6.07) is 12.4. The Bertz CT molecular complexity index is 758. The third kappa shape index (κ3) is 3.79. The van der Waals surface area contributed by atoms with Gasteiger partial charge >= 0.3 is 0 Å². The van der Waals surface area contributed by atoms with Crippen molar-refractivity contribution in [3.63, 3.8) is 0 Å². The first-order valence-electron chi connectivity index (χ1n) is 7.16. The molecule has 0 spiro atoms. The van der Waals surface area contributed by atoms with Crippen molar-refractivity contribution in [3.8, 4) is 11.5 Å². The second-order valence-electron chi connectivity index (χ2n) is 5.17. The Kier molecular flexibility index (Phi) is 4.14. The number of nitrogens with one attached hydrogen (secondary N) is 2. The van der Waals surface area contributed by atoms with E-state index in [1.807, 2.05) is 6.07 Å². The maximum absolute atomic E-state index is 12.1. The average molecular weight is 312 g/mol. The molecule has 0 radical (unpaired) electrons. The predicted octanol–water partition coefficient (Wildman–Crippen LogP) is 2.55. The topological polar surface area (TPSA) is 76.7 Å². The van der Waals surface area contributed by atoms with Crippen molar-refractivity contribution >= 4 is 23.2 Å². The van der Waals surface area contributed by atoms with Crippen LogP contribution in [0.1, 0.15) is 12.5 Å². The highest BCUT2D eigenvalue weighted by Crippen LogP contribution is 2.32. The molecule has 6 nitrogen and oxygen atoms in total. The summed E-state index contributed by atoms with van der Waals surface area (Å²) in [5, 5.41) is 5.49. The number of benzene rings is 2. The number of anilines is 2. The SMILES string of the molecule is CC(=O)Nc1cccc(NC(=O)Cc2ccc3c(c2)OCO3)c1. The third-order valence-corrected chi connectivity index (χ3v) is 3.27. The summed E-state index contributed by atoms with van der Waals surface area (Å²) in [5.41, 5.74) is 2.10. The Morgan fingerprint density at radius 2 is 1.74 bits per heavy atom. The quantitative estimate of drug-likeness (QED) is 0.909. The smallest absolute Gasteiger partial charge is 0.231 e. The highest BCUT2D eigenvalue weighted by molar-refractivity contribution is 5.94. The molecule has 0 atom stereocenters. The summed E-state index contributed by atoms with van der Waals surface area (Å²) in [7, 11) is 0. The molecule has 2 amide bonds. The van der Waals surface area contributed by atoms with Crippen LogP contribution in [0.15, 0.2) is 42.5 Å². The first-order valence-corrected chi connectivity index (χ1v) is 7.16. The number of carbonyl (C=O) groups excluding carboxylic acids is 2. The molecule has 0 unspecified atom stereocenters. The summed E-state index contributed by atoms with van der Waals surface area (Å²) in [6.45, 7) is 1.64. The second kappa shape index (κ2) is 6.39. The molecular formula is C17H16N2O4. The molecule has 2 aromatic rings. The van der Waals surface area contributed by atoms with Crippen molar-refractivity contribution in [1.82, 2.24) is 0 Å². The zero-order valence-corrected chi connectivity index (χ0v) is 12.6. The van der Waals surface area contributed by atoms with E-state index in [-0.39, 0.29) is 25.0 Å². The number of amides is 2. The summed E-state index contributed by atoms with van der Waals surface area (Å²) in [4.78, 5) is 23.2. The van der Waals surface area contributed by atoms with Gasteiger partial charge in [-0.3, -0.25) is 9.59 Å². The molecule has 2 N–H and O–H groups in total. The van der Waals surface area contributed by atoms with Crippen LogP contribution in [-0.4, -0.2) is 18.6 Å². The van der Waals surface area contributed by atoms with E-state index >= 15 is 0 Å². The van der Waals surface area contributed by atoms with Gasteiger partial charge in [-0.05, 0) is 35.9 Å². The second-order valence-corrected chi connectivity index (χ2v) is 5.17. The molecule has 3 rings (SSSR count). The van der Waals surface area contributed by atoms with Gasteiger partial charge in [-0.2, -0.15) is 0 Å². The summed E-state index contributed by atoms with van der Waals surface area (Å²) < 4.78 is 10.5. The number of fused-ring (bicyclic) bond motifs is 1. The molecule has 2 aromatic carbocycles. The summed E-state index contributed by atoms with van der Waals surface area (Å²) in [6.07, 6.45) is 0.223. The van der Waals surface area contributed by atoms with Crippen LogP contribution in [0.4, 0.5) is 11.4 Å². The van der Waals surface area contributed by atoms with Gasteiger partial charge in [0.05, 0.1) is 6.42 Å². The number of hydrogen-bond acceptors (Lipinski definition) is 4. The zero-order chi connectivity index (χ0) is 16.2. The number of carbonyl (C=O) groups is 2. The van der Waals surface area contributed by atoms with Crippen LogP contribution in [0.3, 0.4) is 0 Å². The van der Waals surface area contributed by atoms with Crippen LogP contribution in [0.2, 0.25) is 0 Å². The van der Waals surface area contributed by atoms with E-state index in [0.29, 0.717) is 22.9 Å². The minimum absolute atomic E-state index is 0.149. The Balaban J connectivity index is 1.64. The Hall–Kier alpha value is -3.02. The Morgan fingerprint density at radius 3 is 2.52 bits per heavy atom. The van der Waals surface area contributed by atoms with E-state index in [1.54, 1.807) is 36.4 Å². The van der Waals surface area contributed by atoms with Gasteiger partial charge in [-0.15, -0.1) is 0 Å². The first-order chi connectivity index (χ1) is 11.1. The Morgan fingerprint density at radius 1 is 1.00 bits per heavy atom. The van der Waals surface area contributed by atoms with Crippen LogP contribution in [0, 0.1) is 0 Å². The molecule has 6 heteroatoms. The average Bonchev–Trinajstić information content (AvgIpc) is 2.94. The van der Waals surface area contributed by atoms with Crippen LogP contribution in [-0.2, 0) is 16.0 Å². The van der Waals surface area contributed by atoms with Gasteiger partial charge in [0.15, 0.2) is 11.5 Å². The molecule has 0 aromatic heterocycles. The normalized spacial score (nSPS) is 11.9. The van der Waals surface area contributed by atoms with Gasteiger partial charge in [-0.1, -0.05) is 12.1 Å². The van der Waals surface area contributed by atoms with Crippen molar-refractivity contribution in [1.29, 1.82) is 0 Å². The van der Waals surface area contributed by atoms with Gasteiger partial charge in [-0.25, -0.2) is 0 Å². The largest absolute Gasteiger partial charge is 0.454 e. The lowest BCUT2D eigenvalue weighted by molar-refractivity contribution is -0.115. The van der Waals surface area contributed by atoms with E-state index < -0.39 is 0 Å². The first kappa shape index (κ1) is 14.9. The van der Waals surface area contributed by atoms with E-state index in [1.165, 1.54) is 6.92 Å². The zero-order valence-electron chi connectivity index (χ0n) is 12.6. The van der Waals surface area contributed by atoms with Gasteiger partial charge in [0.1, 0.15) is 0 Å². The molecule has 1 heterocycles. The lowest BCUT2D eigenvalue weighted by Crippen LogP contribution is -2.14. The van der Waals surface area contributed by atoms with Gasteiger partial charge in [0.2, 0.25) is 18.6 Å². The number of hydrogen-bond donors (Lipinski definition) is 2. The van der Waals surface area contributed by atoms with Gasteiger partial charge in [0.25, 0.3) is 0 Å². The molecule has 0 saturated heterocycles. The van der Waals surface area contributed by atoms with Crippen LogP contribution >= 0.6 is 0 Å². The van der Waals surface area contributed by atoms with Crippen molar-refractivity contribution < 1.29 is 19.1 Å². The van der Waals surface area contributed by atoms with Crippen LogP contribution in [0.25, 0.3) is 0 Å². The predicted molar refractivity (Wildman–Crippen MR) is 85.6 cm³/mol. The number of ether oxygens (including phenoxy) is 2. The summed E-state index contributed by atoms with van der Waals surface area (Å²) in [5.74, 6) is 1.04. The minimum Gasteiger partial charge on any atom is -0.454 e. The molecule has 118 valence electrons. The van der Waals surface area contributed by atoms with Crippen molar-refractivity contribution in [2.75, 3.05) is 17.4 Å². The maximum Gasteiger partial charge on any atom is 0.231 e. The highest BCUT2D eigenvalue weighted by Gasteiger charge is 2.14. The van der Waals surface area contributed by atoms with Crippen molar-refractivity contribution in [3.05, 3.63) is 48.0 Å². The van der Waals surface area contributed by atoms with Gasteiger partial charge in [0, 0.05) is 18.3 Å².